The maximum absolute atomic E-state index is 13.6. The van der Waals surface area contributed by atoms with Crippen LogP contribution in [0.25, 0.3) is 61.1 Å². The first-order valence-electron chi connectivity index (χ1n) is 21.1. The summed E-state index contributed by atoms with van der Waals surface area (Å²) in [5.74, 6) is 0.608. The fourth-order valence-electron chi connectivity index (χ4n) is 8.92. The minimum absolute atomic E-state index is 0.0120. The van der Waals surface area contributed by atoms with E-state index < -0.39 is 5.91 Å². The van der Waals surface area contributed by atoms with Crippen molar-refractivity contribution in [1.82, 2.24) is 38.9 Å². The topological polar surface area (TPSA) is 161 Å². The van der Waals surface area contributed by atoms with E-state index in [9.17, 15) is 19.8 Å². The number of aromatic nitrogens is 6. The summed E-state index contributed by atoms with van der Waals surface area (Å²) < 4.78 is 17.7. The molecule has 1 fully saturated rings. The van der Waals surface area contributed by atoms with E-state index in [0.717, 1.165) is 75.2 Å². The molecule has 8 aromatic rings. The van der Waals surface area contributed by atoms with Gasteiger partial charge in [0.1, 0.15) is 24.4 Å². The molecule has 7 heterocycles. The zero-order chi connectivity index (χ0) is 42.6. The van der Waals surface area contributed by atoms with E-state index in [1.165, 1.54) is 12.3 Å². The predicted octanol–water partition coefficient (Wildman–Crippen LogP) is 8.89. The summed E-state index contributed by atoms with van der Waals surface area (Å²) in [7, 11) is 0. The molecule has 2 aliphatic rings. The van der Waals surface area contributed by atoms with Gasteiger partial charge in [-0.15, -0.1) is 10.2 Å². The molecule has 0 spiro atoms. The summed E-state index contributed by atoms with van der Waals surface area (Å²) in [4.78, 5) is 33.5. The number of hydrogen-bond donors (Lipinski definition) is 3. The highest BCUT2D eigenvalue weighted by Gasteiger charge is 2.28. The van der Waals surface area contributed by atoms with Crippen LogP contribution in [0.15, 0.2) is 97.6 Å². The molecule has 0 radical (unpaired) electrons. The van der Waals surface area contributed by atoms with Crippen molar-refractivity contribution in [3.8, 4) is 28.6 Å². The van der Waals surface area contributed by atoms with Crippen molar-refractivity contribution in [2.75, 3.05) is 19.6 Å². The van der Waals surface area contributed by atoms with E-state index in [1.54, 1.807) is 15.5 Å². The number of ether oxygens (including phenoxy) is 2. The number of phenols is 2. The lowest BCUT2D eigenvalue weighted by Crippen LogP contribution is -2.39. The SMILES string of the molecule is CCNC(=O)c1nnc(-c2cc(C(C)C)c(O)cc2O)n1-c1ccc2c(ccn2CCC2CCN(C(=O)OC3=COCc4cn5cc6cc7ccccc7nc6c5cc43)CC2)c1. The molecule has 14 nitrogen and oxygen atoms in total. The molecule has 2 aliphatic heterocycles. The number of phenolic OH excluding ortho intramolecular Hbond substituents is 2. The number of carbonyl (C=O) groups is 2. The molecule has 1 saturated heterocycles. The minimum atomic E-state index is -0.393. The largest absolute Gasteiger partial charge is 0.508 e. The van der Waals surface area contributed by atoms with Crippen molar-refractivity contribution in [1.29, 1.82) is 0 Å². The van der Waals surface area contributed by atoms with Gasteiger partial charge in [0, 0.05) is 83.6 Å². The Balaban J connectivity index is 0.812. The van der Waals surface area contributed by atoms with E-state index in [1.807, 2.05) is 75.5 Å². The summed E-state index contributed by atoms with van der Waals surface area (Å²) in [6, 6.07) is 23.3. The van der Waals surface area contributed by atoms with Crippen LogP contribution in [-0.2, 0) is 22.6 Å². The highest BCUT2D eigenvalue weighted by molar-refractivity contribution is 6.01. The van der Waals surface area contributed by atoms with Gasteiger partial charge in [-0.2, -0.15) is 0 Å². The molecule has 3 aromatic carbocycles. The van der Waals surface area contributed by atoms with Gasteiger partial charge >= 0.3 is 6.09 Å². The molecule has 0 unspecified atom stereocenters. The molecule has 0 bridgehead atoms. The van der Waals surface area contributed by atoms with Crippen LogP contribution in [0.2, 0.25) is 0 Å². The summed E-state index contributed by atoms with van der Waals surface area (Å²) >= 11 is 0. The molecule has 10 rings (SSSR count). The fourth-order valence-corrected chi connectivity index (χ4v) is 8.92. The van der Waals surface area contributed by atoms with Gasteiger partial charge in [-0.05, 0) is 92.1 Å². The monoisotopic (exact) mass is 830 g/mol. The Morgan fingerprint density at radius 2 is 1.74 bits per heavy atom. The van der Waals surface area contributed by atoms with Gasteiger partial charge in [-0.25, -0.2) is 9.78 Å². The van der Waals surface area contributed by atoms with E-state index in [4.69, 9.17) is 14.5 Å². The summed E-state index contributed by atoms with van der Waals surface area (Å²) in [5.41, 5.74) is 7.22. The van der Waals surface area contributed by atoms with Gasteiger partial charge in [-0.3, -0.25) is 9.36 Å². The number of likely N-dealkylation sites (tertiary alicyclic amines) is 1. The maximum atomic E-state index is 13.6. The molecule has 14 heteroatoms. The van der Waals surface area contributed by atoms with E-state index in [2.05, 4.69) is 49.0 Å². The quantitative estimate of drug-likeness (QED) is 0.129. The normalized spacial score (nSPS) is 14.5. The molecule has 5 aromatic heterocycles. The molecule has 0 atom stereocenters. The third kappa shape index (κ3) is 6.90. The first kappa shape index (κ1) is 38.8. The molecule has 0 saturated carbocycles. The zero-order valence-corrected chi connectivity index (χ0v) is 34.7. The zero-order valence-electron chi connectivity index (χ0n) is 34.7. The lowest BCUT2D eigenvalue weighted by atomic mass is 9.94. The Labute approximate surface area is 356 Å². The van der Waals surface area contributed by atoms with Gasteiger partial charge in [0.05, 0.1) is 27.8 Å². The van der Waals surface area contributed by atoms with Crippen LogP contribution >= 0.6 is 0 Å². The smallest absolute Gasteiger partial charge is 0.415 e. The molecule has 0 aliphatic carbocycles. The standard InChI is InChI=1S/C48H46N8O6/c1-4-49-47(59)46-52-51-45(37-21-35(28(2)3)41(57)23-42(37)58)56(46)34-9-10-39-31(20-34)14-18-53(39)15-11-29-12-16-54(17-13-29)48(60)62-43-27-61-26-33-25-55-24-32-19-30-7-5-6-8-38(30)50-44(32)40(55)22-36(33)43/h5-10,14,18-25,27-29,57-58H,4,11-13,15-17,26H2,1-3H3,(H,49,59). The molecule has 2 amide bonds. The number of carbonyl (C=O) groups excluding carboxylic acids is 2. The van der Waals surface area contributed by atoms with Crippen molar-refractivity contribution < 1.29 is 29.3 Å². The number of benzene rings is 3. The highest BCUT2D eigenvalue weighted by atomic mass is 16.6. The van der Waals surface area contributed by atoms with Crippen LogP contribution < -0.4 is 5.32 Å². The number of piperidine rings is 1. The summed E-state index contributed by atoms with van der Waals surface area (Å²) in [6.45, 7) is 8.52. The number of nitrogens with zero attached hydrogens (tertiary/aromatic N) is 7. The van der Waals surface area contributed by atoms with Crippen LogP contribution in [-0.4, -0.2) is 75.5 Å². The third-order valence-corrected chi connectivity index (χ3v) is 12.2. The Kier molecular flexibility index (Phi) is 9.77. The minimum Gasteiger partial charge on any atom is -0.508 e. The lowest BCUT2D eigenvalue weighted by Gasteiger charge is -2.32. The van der Waals surface area contributed by atoms with Crippen LogP contribution in [0, 0.1) is 5.92 Å². The predicted molar refractivity (Wildman–Crippen MR) is 236 cm³/mol. The van der Waals surface area contributed by atoms with Gasteiger partial charge in [0.2, 0.25) is 5.82 Å². The lowest BCUT2D eigenvalue weighted by molar-refractivity contribution is 0.0943. The Hall–Kier alpha value is -7.35. The number of fused-ring (bicyclic) bond motifs is 6. The number of pyridine rings is 2. The number of nitrogens with one attached hydrogen (secondary N) is 1. The average Bonchev–Trinajstić information content (AvgIpc) is 3.99. The molecule has 314 valence electrons. The second-order valence-corrected chi connectivity index (χ2v) is 16.5. The van der Waals surface area contributed by atoms with Crippen molar-refractivity contribution in [2.24, 2.45) is 5.92 Å². The van der Waals surface area contributed by atoms with Crippen LogP contribution in [0.3, 0.4) is 0 Å². The average molecular weight is 831 g/mol. The summed E-state index contributed by atoms with van der Waals surface area (Å²) in [5, 5.41) is 36.0. The Morgan fingerprint density at radius 1 is 0.903 bits per heavy atom. The number of amides is 2. The van der Waals surface area contributed by atoms with Crippen molar-refractivity contribution in [3.63, 3.8) is 0 Å². The van der Waals surface area contributed by atoms with Gasteiger partial charge < -0.3 is 38.9 Å². The van der Waals surface area contributed by atoms with E-state index in [-0.39, 0.29) is 35.2 Å². The van der Waals surface area contributed by atoms with Crippen LogP contribution in [0.4, 0.5) is 4.79 Å². The van der Waals surface area contributed by atoms with Crippen LogP contribution in [0.5, 0.6) is 11.5 Å². The second-order valence-electron chi connectivity index (χ2n) is 16.5. The summed E-state index contributed by atoms with van der Waals surface area (Å²) in [6.07, 6.45) is 10.0. The van der Waals surface area contributed by atoms with E-state index in [0.29, 0.717) is 54.7 Å². The Bertz CT molecular complexity index is 3100. The van der Waals surface area contributed by atoms with E-state index >= 15 is 0 Å². The number of rotatable bonds is 9. The van der Waals surface area contributed by atoms with Gasteiger partial charge in [0.15, 0.2) is 11.6 Å². The number of aryl methyl sites for hydroxylation is 1. The van der Waals surface area contributed by atoms with Crippen molar-refractivity contribution in [3.05, 3.63) is 120 Å². The van der Waals surface area contributed by atoms with Crippen molar-refractivity contribution >= 4 is 56.0 Å². The molecular weight excluding hydrogens is 785 g/mol. The van der Waals surface area contributed by atoms with Crippen molar-refractivity contribution in [2.45, 2.75) is 59.1 Å². The first-order valence-corrected chi connectivity index (χ1v) is 21.1. The molecular formula is C48H46N8O6. The third-order valence-electron chi connectivity index (χ3n) is 12.2. The number of aromatic hydroxyl groups is 2. The van der Waals surface area contributed by atoms with Crippen LogP contribution in [0.1, 0.15) is 73.3 Å². The number of hydrogen-bond acceptors (Lipinski definition) is 9. The second kappa shape index (κ2) is 15.6. The maximum Gasteiger partial charge on any atom is 0.415 e. The highest BCUT2D eigenvalue weighted by Crippen LogP contribution is 2.39. The van der Waals surface area contributed by atoms with Gasteiger partial charge in [-0.1, -0.05) is 32.0 Å². The fraction of sp³-hybridized carbons (Fsp3) is 0.271. The number of para-hydroxylation sites is 1. The first-order chi connectivity index (χ1) is 30.1. The Morgan fingerprint density at radius 3 is 2.56 bits per heavy atom. The van der Waals surface area contributed by atoms with Gasteiger partial charge in [0.25, 0.3) is 5.91 Å². The molecule has 62 heavy (non-hydrogen) atoms. The molecule has 3 N–H and O–H groups in total.